The van der Waals surface area contributed by atoms with Crippen LogP contribution in [0.1, 0.15) is 106 Å². The molecule has 2 aromatic rings. The Morgan fingerprint density at radius 3 is 2.27 bits per heavy atom. The molecule has 15 heteroatoms. The average molecular weight is 752 g/mol. The van der Waals surface area contributed by atoms with Crippen molar-refractivity contribution in [2.75, 3.05) is 27.3 Å². The Labute approximate surface area is 304 Å². The molecule has 3 aliphatic carbocycles. The van der Waals surface area contributed by atoms with Crippen LogP contribution in [0.5, 0.6) is 17.4 Å². The zero-order chi connectivity index (χ0) is 38.6. The molecule has 0 unspecified atom stereocenters. The molecule has 5 rings (SSSR count). The fourth-order valence-electron chi connectivity index (χ4n) is 7.26. The number of carbonyl (C=O) groups excluding carboxylic acids is 2. The quantitative estimate of drug-likeness (QED) is 0.118. The molecule has 1 aromatic carbocycles. The highest BCUT2D eigenvalue weighted by molar-refractivity contribution is 6.74. The van der Waals surface area contributed by atoms with Crippen LogP contribution in [0, 0.1) is 11.8 Å². The third-order valence-electron chi connectivity index (χ3n) is 10.8. The number of nitrogens with two attached hydrogens (primary N) is 1. The summed E-state index contributed by atoms with van der Waals surface area (Å²) in [6.07, 6.45) is -2.26. The second kappa shape index (κ2) is 14.4. The number of halogens is 3. The highest BCUT2D eigenvalue weighted by Crippen LogP contribution is 2.58. The van der Waals surface area contributed by atoms with E-state index in [4.69, 9.17) is 24.2 Å². The second-order valence-corrected chi connectivity index (χ2v) is 20.6. The van der Waals surface area contributed by atoms with Crippen molar-refractivity contribution >= 4 is 25.6 Å². The zero-order valence-corrected chi connectivity index (χ0v) is 32.6. The molecular weight excluding hydrogens is 700 g/mol. The van der Waals surface area contributed by atoms with Gasteiger partial charge in [0.25, 0.3) is 5.88 Å². The monoisotopic (exact) mass is 751 g/mol. The SMILES string of the molecule is CCCCOc1cc(CN(C)C)c(OC(F)(F)F)c2c1C(O)=C1C(=O)[C@]3(O[Si](C)(C)C(C)(C)C)C(=O)c4c(OCCCC)noc4[C@@H](N)[C@@H]3C[C@@H]1C2. The molecule has 52 heavy (non-hydrogen) atoms. The van der Waals surface area contributed by atoms with Gasteiger partial charge in [0, 0.05) is 29.2 Å². The lowest BCUT2D eigenvalue weighted by molar-refractivity contribution is -0.275. The van der Waals surface area contributed by atoms with Crippen LogP contribution < -0.4 is 19.9 Å². The summed E-state index contributed by atoms with van der Waals surface area (Å²) in [5.41, 5.74) is 4.72. The summed E-state index contributed by atoms with van der Waals surface area (Å²) in [7, 11) is 0.445. The second-order valence-electron chi connectivity index (χ2n) is 15.9. The number of benzene rings is 1. The van der Waals surface area contributed by atoms with Gasteiger partial charge < -0.3 is 38.9 Å². The highest BCUT2D eigenvalue weighted by Gasteiger charge is 2.68. The van der Waals surface area contributed by atoms with Gasteiger partial charge >= 0.3 is 6.36 Å². The molecule has 0 aliphatic heterocycles. The lowest BCUT2D eigenvalue weighted by atomic mass is 9.57. The lowest BCUT2D eigenvalue weighted by Gasteiger charge is -2.53. The van der Waals surface area contributed by atoms with Gasteiger partial charge in [-0.25, -0.2) is 0 Å². The van der Waals surface area contributed by atoms with Crippen LogP contribution in [0.2, 0.25) is 18.1 Å². The van der Waals surface area contributed by atoms with Gasteiger partial charge in [0.05, 0.1) is 24.8 Å². The molecule has 11 nitrogen and oxygen atoms in total. The Kier molecular flexibility index (Phi) is 11.1. The lowest BCUT2D eigenvalue weighted by Crippen LogP contribution is -2.68. The summed E-state index contributed by atoms with van der Waals surface area (Å²) in [5, 5.41) is 15.8. The van der Waals surface area contributed by atoms with E-state index >= 15 is 9.59 Å². The molecule has 1 aromatic heterocycles. The summed E-state index contributed by atoms with van der Waals surface area (Å²) in [4.78, 5) is 32.1. The molecule has 1 heterocycles. The van der Waals surface area contributed by atoms with E-state index in [0.717, 1.165) is 12.8 Å². The number of rotatable bonds is 13. The topological polar surface area (TPSA) is 147 Å². The maximum absolute atomic E-state index is 15.4. The minimum atomic E-state index is -5.05. The number of aromatic nitrogens is 1. The number of aliphatic hydroxyl groups is 1. The van der Waals surface area contributed by atoms with Gasteiger partial charge in [-0.15, -0.1) is 13.2 Å². The largest absolute Gasteiger partial charge is 0.573 e. The molecule has 0 radical (unpaired) electrons. The predicted octanol–water partition coefficient (Wildman–Crippen LogP) is 7.68. The minimum Gasteiger partial charge on any atom is -0.507 e. The van der Waals surface area contributed by atoms with Gasteiger partial charge in [-0.3, -0.25) is 9.59 Å². The van der Waals surface area contributed by atoms with Crippen LogP contribution in [0.3, 0.4) is 0 Å². The number of hydrogen-bond donors (Lipinski definition) is 2. The Hall–Kier alpha value is -3.40. The van der Waals surface area contributed by atoms with Crippen molar-refractivity contribution in [3.8, 4) is 17.4 Å². The van der Waals surface area contributed by atoms with E-state index < -0.39 is 66.3 Å². The van der Waals surface area contributed by atoms with E-state index in [1.165, 1.54) is 6.07 Å². The molecule has 4 atom stereocenters. The first kappa shape index (κ1) is 39.8. The number of alkyl halides is 3. The molecular formula is C37H52F3N3O8Si. The van der Waals surface area contributed by atoms with Crippen molar-refractivity contribution in [2.24, 2.45) is 17.6 Å². The van der Waals surface area contributed by atoms with Crippen LogP contribution in [0.25, 0.3) is 5.76 Å². The Morgan fingerprint density at radius 2 is 1.69 bits per heavy atom. The van der Waals surface area contributed by atoms with Crippen LogP contribution in [-0.4, -0.2) is 74.3 Å². The minimum absolute atomic E-state index is 0.00760. The highest BCUT2D eigenvalue weighted by atomic mass is 28.4. The third kappa shape index (κ3) is 7.01. The van der Waals surface area contributed by atoms with Gasteiger partial charge in [0.2, 0.25) is 11.6 Å². The summed E-state index contributed by atoms with van der Waals surface area (Å²) in [6.45, 7) is 14.2. The van der Waals surface area contributed by atoms with Crippen LogP contribution >= 0.6 is 0 Å². The smallest absolute Gasteiger partial charge is 0.507 e. The average Bonchev–Trinajstić information content (AvgIpc) is 3.45. The summed E-state index contributed by atoms with van der Waals surface area (Å²) < 4.78 is 71.4. The summed E-state index contributed by atoms with van der Waals surface area (Å²) in [6, 6.07) is 0.358. The van der Waals surface area contributed by atoms with Crippen molar-refractivity contribution in [1.82, 2.24) is 10.1 Å². The van der Waals surface area contributed by atoms with Gasteiger partial charge in [0.1, 0.15) is 22.8 Å². The van der Waals surface area contributed by atoms with Gasteiger partial charge in [-0.2, -0.15) is 0 Å². The van der Waals surface area contributed by atoms with Crippen LogP contribution in [0.4, 0.5) is 13.2 Å². The first-order valence-corrected chi connectivity index (χ1v) is 20.9. The molecule has 1 fully saturated rings. The third-order valence-corrected chi connectivity index (χ3v) is 15.3. The number of hydrogen-bond acceptors (Lipinski definition) is 11. The van der Waals surface area contributed by atoms with Crippen molar-refractivity contribution in [3.05, 3.63) is 39.7 Å². The van der Waals surface area contributed by atoms with E-state index in [9.17, 15) is 18.3 Å². The number of carbonyl (C=O) groups is 2. The zero-order valence-electron chi connectivity index (χ0n) is 31.6. The van der Waals surface area contributed by atoms with E-state index in [1.807, 2.05) is 47.7 Å². The number of ether oxygens (including phenoxy) is 3. The molecule has 288 valence electrons. The van der Waals surface area contributed by atoms with Crippen molar-refractivity contribution < 1.29 is 51.0 Å². The first-order valence-electron chi connectivity index (χ1n) is 18.0. The summed E-state index contributed by atoms with van der Waals surface area (Å²) in [5.74, 6) is -4.31. The van der Waals surface area contributed by atoms with E-state index in [0.29, 0.717) is 12.8 Å². The Morgan fingerprint density at radius 1 is 1.06 bits per heavy atom. The fraction of sp³-hybridized carbons (Fsp3) is 0.649. The van der Waals surface area contributed by atoms with Crippen LogP contribution in [0.15, 0.2) is 16.2 Å². The molecule has 1 saturated carbocycles. The van der Waals surface area contributed by atoms with E-state index in [-0.39, 0.29) is 77.8 Å². The van der Waals surface area contributed by atoms with E-state index in [1.54, 1.807) is 19.0 Å². The molecule has 3 aliphatic rings. The number of nitrogens with zero attached hydrogens (tertiary/aromatic N) is 2. The molecule has 0 spiro atoms. The molecule has 0 saturated heterocycles. The Balaban J connectivity index is 1.78. The number of fused-ring (bicyclic) bond motifs is 4. The van der Waals surface area contributed by atoms with Crippen molar-refractivity contribution in [3.63, 3.8) is 0 Å². The maximum Gasteiger partial charge on any atom is 0.573 e. The fourth-order valence-corrected chi connectivity index (χ4v) is 8.71. The number of ketones is 2. The summed E-state index contributed by atoms with van der Waals surface area (Å²) >= 11 is 0. The number of unbranched alkanes of at least 4 members (excludes halogenated alkanes) is 2. The van der Waals surface area contributed by atoms with Crippen molar-refractivity contribution in [1.29, 1.82) is 0 Å². The van der Waals surface area contributed by atoms with E-state index in [2.05, 4.69) is 9.89 Å². The van der Waals surface area contributed by atoms with Gasteiger partial charge in [-0.05, 0) is 75.1 Å². The number of aliphatic hydroxyl groups excluding tert-OH is 1. The van der Waals surface area contributed by atoms with Crippen molar-refractivity contribution in [2.45, 2.75) is 116 Å². The first-order chi connectivity index (χ1) is 24.2. The normalized spacial score (nSPS) is 23.3. The molecule has 0 amide bonds. The molecule has 0 bridgehead atoms. The Bertz CT molecular complexity index is 1730. The van der Waals surface area contributed by atoms with Gasteiger partial charge in [-0.1, -0.05) is 47.5 Å². The van der Waals surface area contributed by atoms with Crippen LogP contribution in [-0.2, 0) is 22.2 Å². The molecule has 3 N–H and O–H groups in total. The van der Waals surface area contributed by atoms with Gasteiger partial charge in [0.15, 0.2) is 19.7 Å². The standard InChI is InChI=1S/C37H52F3N3O8Si/c1-10-12-14-47-24-18-21(19-43(6)7)30(49-37(38,39)40)22-16-20-17-23-28(41)31-27(34(42-50-31)48-15-13-11-2)33(46)36(23,51-52(8,9)35(3,4)5)32(45)25(20)29(44)26(22)24/h18,20,23,28,44H,10-17,19,41H2,1-9H3/t20-,23-,28-,36-/m0/s1. The number of Topliss-reactive ketones (excluding diaryl/α,β-unsaturated/α-hetero) is 2. The maximum atomic E-state index is 15.4. The predicted molar refractivity (Wildman–Crippen MR) is 190 cm³/mol.